The van der Waals surface area contributed by atoms with Crippen LogP contribution in [0, 0.1) is 5.92 Å². The molecule has 1 aromatic carbocycles. The summed E-state index contributed by atoms with van der Waals surface area (Å²) in [5.74, 6) is -0.416. The topological polar surface area (TPSA) is 92.5 Å². The summed E-state index contributed by atoms with van der Waals surface area (Å²) >= 11 is 0. The summed E-state index contributed by atoms with van der Waals surface area (Å²) in [4.78, 5) is 12.0. The van der Waals surface area contributed by atoms with E-state index in [1.807, 2.05) is 18.2 Å². The molecule has 130 valence electrons. The standard InChI is InChI=1S/C15H23N3O3S.ClH/c16-8-9-17-15(19)14-7-4-10-18(11-14)22(20,21)12-13-5-2-1-3-6-13;/h1-3,5-6,14H,4,7-12,16H2,(H,17,19);1H. The second kappa shape index (κ2) is 9.22. The Kier molecular flexibility index (Phi) is 7.98. The Morgan fingerprint density at radius 3 is 2.65 bits per heavy atom. The van der Waals surface area contributed by atoms with Crippen LogP contribution < -0.4 is 11.1 Å². The summed E-state index contributed by atoms with van der Waals surface area (Å²) < 4.78 is 26.5. The van der Waals surface area contributed by atoms with E-state index in [1.165, 1.54) is 4.31 Å². The van der Waals surface area contributed by atoms with E-state index in [1.54, 1.807) is 12.1 Å². The van der Waals surface area contributed by atoms with Gasteiger partial charge in [-0.05, 0) is 18.4 Å². The van der Waals surface area contributed by atoms with Crippen LogP contribution >= 0.6 is 12.4 Å². The molecule has 23 heavy (non-hydrogen) atoms. The van der Waals surface area contributed by atoms with Gasteiger partial charge in [0.15, 0.2) is 0 Å². The zero-order valence-corrected chi connectivity index (χ0v) is 14.6. The molecule has 6 nitrogen and oxygen atoms in total. The van der Waals surface area contributed by atoms with Gasteiger partial charge in [-0.1, -0.05) is 30.3 Å². The Morgan fingerprint density at radius 2 is 2.00 bits per heavy atom. The van der Waals surface area contributed by atoms with Crippen molar-refractivity contribution in [1.82, 2.24) is 9.62 Å². The zero-order chi connectivity index (χ0) is 16.0. The van der Waals surface area contributed by atoms with Gasteiger partial charge in [0.25, 0.3) is 0 Å². The summed E-state index contributed by atoms with van der Waals surface area (Å²) in [5.41, 5.74) is 6.13. The Morgan fingerprint density at radius 1 is 1.30 bits per heavy atom. The zero-order valence-electron chi connectivity index (χ0n) is 13.0. The Labute approximate surface area is 143 Å². The molecule has 1 aliphatic heterocycles. The minimum atomic E-state index is -3.39. The highest BCUT2D eigenvalue weighted by molar-refractivity contribution is 7.88. The first-order chi connectivity index (χ1) is 10.5. The van der Waals surface area contributed by atoms with E-state index in [0.29, 0.717) is 32.5 Å². The number of carbonyl (C=O) groups is 1. The van der Waals surface area contributed by atoms with Gasteiger partial charge in [0.05, 0.1) is 11.7 Å². The Hall–Kier alpha value is -1.15. The predicted molar refractivity (Wildman–Crippen MR) is 92.7 cm³/mol. The molecule has 0 spiro atoms. The van der Waals surface area contributed by atoms with Crippen LogP contribution in [0.15, 0.2) is 30.3 Å². The molecule has 1 unspecified atom stereocenters. The average molecular weight is 362 g/mol. The highest BCUT2D eigenvalue weighted by atomic mass is 35.5. The van der Waals surface area contributed by atoms with Gasteiger partial charge < -0.3 is 11.1 Å². The lowest BCUT2D eigenvalue weighted by atomic mass is 9.99. The number of nitrogens with two attached hydrogens (primary N) is 1. The van der Waals surface area contributed by atoms with Crippen molar-refractivity contribution in [3.8, 4) is 0 Å². The molecule has 1 heterocycles. The lowest BCUT2D eigenvalue weighted by Gasteiger charge is -2.31. The van der Waals surface area contributed by atoms with Crippen molar-refractivity contribution in [2.45, 2.75) is 18.6 Å². The van der Waals surface area contributed by atoms with Crippen molar-refractivity contribution in [2.75, 3.05) is 26.2 Å². The highest BCUT2D eigenvalue weighted by Crippen LogP contribution is 2.21. The van der Waals surface area contributed by atoms with Crippen molar-refractivity contribution in [3.63, 3.8) is 0 Å². The van der Waals surface area contributed by atoms with Crippen LogP contribution in [0.5, 0.6) is 0 Å². The van der Waals surface area contributed by atoms with E-state index in [2.05, 4.69) is 5.32 Å². The largest absolute Gasteiger partial charge is 0.355 e. The number of halogens is 1. The van der Waals surface area contributed by atoms with E-state index in [9.17, 15) is 13.2 Å². The van der Waals surface area contributed by atoms with E-state index in [-0.39, 0.29) is 36.5 Å². The molecule has 0 aliphatic carbocycles. The van der Waals surface area contributed by atoms with Gasteiger partial charge in [-0.25, -0.2) is 12.7 Å². The molecule has 0 radical (unpaired) electrons. The van der Waals surface area contributed by atoms with Crippen molar-refractivity contribution < 1.29 is 13.2 Å². The van der Waals surface area contributed by atoms with Gasteiger partial charge in [0, 0.05) is 26.2 Å². The highest BCUT2D eigenvalue weighted by Gasteiger charge is 2.32. The second-order valence-electron chi connectivity index (χ2n) is 5.52. The SMILES string of the molecule is Cl.NCCNC(=O)C1CCCN(S(=O)(=O)Cc2ccccc2)C1. The molecule has 1 atom stereocenters. The normalized spacial score (nSPS) is 18.9. The number of nitrogens with one attached hydrogen (secondary N) is 1. The Balaban J connectivity index is 0.00000264. The molecule has 1 amide bonds. The van der Waals surface area contributed by atoms with Gasteiger partial charge >= 0.3 is 0 Å². The molecule has 1 aliphatic rings. The van der Waals surface area contributed by atoms with Gasteiger partial charge in [-0.2, -0.15) is 0 Å². The minimum absolute atomic E-state index is 0. The molecular formula is C15H24ClN3O3S. The number of amides is 1. The van der Waals surface area contributed by atoms with Crippen molar-refractivity contribution >= 4 is 28.3 Å². The van der Waals surface area contributed by atoms with E-state index < -0.39 is 10.0 Å². The lowest BCUT2D eigenvalue weighted by Crippen LogP contribution is -2.46. The number of hydrogen-bond donors (Lipinski definition) is 2. The van der Waals surface area contributed by atoms with Crippen molar-refractivity contribution in [1.29, 1.82) is 0 Å². The second-order valence-corrected chi connectivity index (χ2v) is 7.49. The maximum absolute atomic E-state index is 12.5. The predicted octanol–water partition coefficient (Wildman–Crippen LogP) is 0.725. The van der Waals surface area contributed by atoms with Crippen molar-refractivity contribution in [3.05, 3.63) is 35.9 Å². The number of hydrogen-bond acceptors (Lipinski definition) is 4. The average Bonchev–Trinajstić information content (AvgIpc) is 2.53. The molecule has 1 aromatic rings. The first-order valence-corrected chi connectivity index (χ1v) is 9.13. The fraction of sp³-hybridized carbons (Fsp3) is 0.533. The number of piperidine rings is 1. The fourth-order valence-electron chi connectivity index (χ4n) is 2.62. The van der Waals surface area contributed by atoms with Crippen LogP contribution in [-0.2, 0) is 20.6 Å². The maximum Gasteiger partial charge on any atom is 0.224 e. The Bertz CT molecular complexity index is 595. The van der Waals surface area contributed by atoms with Crippen LogP contribution in [0.3, 0.4) is 0 Å². The van der Waals surface area contributed by atoms with E-state index in [0.717, 1.165) is 5.56 Å². The summed E-state index contributed by atoms with van der Waals surface area (Å²) in [7, 11) is -3.39. The monoisotopic (exact) mass is 361 g/mol. The fourth-order valence-corrected chi connectivity index (χ4v) is 4.24. The number of nitrogens with zero attached hydrogens (tertiary/aromatic N) is 1. The molecule has 1 saturated heterocycles. The summed E-state index contributed by atoms with van der Waals surface area (Å²) in [6, 6.07) is 9.10. The third-order valence-corrected chi connectivity index (χ3v) is 5.60. The minimum Gasteiger partial charge on any atom is -0.355 e. The molecule has 0 aromatic heterocycles. The number of carbonyl (C=O) groups excluding carboxylic acids is 1. The lowest BCUT2D eigenvalue weighted by molar-refractivity contribution is -0.126. The molecule has 8 heteroatoms. The molecule has 0 bridgehead atoms. The van der Waals surface area contributed by atoms with Crippen LogP contribution in [0.1, 0.15) is 18.4 Å². The van der Waals surface area contributed by atoms with E-state index in [4.69, 9.17) is 5.73 Å². The molecule has 1 fully saturated rings. The van der Waals surface area contributed by atoms with Gasteiger partial charge in [0.1, 0.15) is 0 Å². The van der Waals surface area contributed by atoms with Crippen molar-refractivity contribution in [2.24, 2.45) is 11.7 Å². The first-order valence-electron chi connectivity index (χ1n) is 7.52. The first kappa shape index (κ1) is 19.9. The smallest absolute Gasteiger partial charge is 0.224 e. The van der Waals surface area contributed by atoms with Gasteiger partial charge in [0.2, 0.25) is 15.9 Å². The van der Waals surface area contributed by atoms with Gasteiger partial charge in [-0.3, -0.25) is 4.79 Å². The quantitative estimate of drug-likeness (QED) is 0.781. The maximum atomic E-state index is 12.5. The number of benzene rings is 1. The number of sulfonamides is 1. The van der Waals surface area contributed by atoms with E-state index >= 15 is 0 Å². The summed E-state index contributed by atoms with van der Waals surface area (Å²) in [6.07, 6.45) is 1.42. The van der Waals surface area contributed by atoms with Crippen LogP contribution in [0.4, 0.5) is 0 Å². The van der Waals surface area contributed by atoms with Crippen LogP contribution in [-0.4, -0.2) is 44.8 Å². The third-order valence-electron chi connectivity index (χ3n) is 3.78. The van der Waals surface area contributed by atoms with Crippen LogP contribution in [0.2, 0.25) is 0 Å². The molecule has 2 rings (SSSR count). The summed E-state index contributed by atoms with van der Waals surface area (Å²) in [6.45, 7) is 1.54. The molecule has 3 N–H and O–H groups in total. The summed E-state index contributed by atoms with van der Waals surface area (Å²) in [5, 5.41) is 2.74. The molecule has 0 saturated carbocycles. The third kappa shape index (κ3) is 5.76. The van der Waals surface area contributed by atoms with Crippen LogP contribution in [0.25, 0.3) is 0 Å². The number of rotatable bonds is 6. The van der Waals surface area contributed by atoms with Gasteiger partial charge in [-0.15, -0.1) is 12.4 Å². The molecular weight excluding hydrogens is 338 g/mol.